The van der Waals surface area contributed by atoms with Crippen molar-refractivity contribution in [2.24, 2.45) is 0 Å². The Morgan fingerprint density at radius 1 is 1.05 bits per heavy atom. The summed E-state index contributed by atoms with van der Waals surface area (Å²) in [6.45, 7) is 2.12. The average Bonchev–Trinajstić information content (AvgIpc) is 3.37. The number of hydrogen-bond acceptors (Lipinski definition) is 6. The zero-order valence-electron chi connectivity index (χ0n) is 20.0. The minimum Gasteiger partial charge on any atom is -0.493 e. The highest BCUT2D eigenvalue weighted by Gasteiger charge is 2.34. The monoisotopic (exact) mass is 535 g/mol. The second-order valence-electron chi connectivity index (χ2n) is 8.36. The number of para-hydroxylation sites is 1. The van der Waals surface area contributed by atoms with Crippen LogP contribution >= 0.6 is 23.2 Å². The molecule has 8 nitrogen and oxygen atoms in total. The van der Waals surface area contributed by atoms with Gasteiger partial charge in [-0.3, -0.25) is 4.79 Å². The van der Waals surface area contributed by atoms with E-state index in [4.69, 9.17) is 32.7 Å². The zero-order valence-corrected chi connectivity index (χ0v) is 21.5. The van der Waals surface area contributed by atoms with Crippen molar-refractivity contribution in [1.82, 2.24) is 14.8 Å². The molecule has 1 aromatic heterocycles. The third kappa shape index (κ3) is 5.12. The van der Waals surface area contributed by atoms with Crippen LogP contribution in [0.1, 0.15) is 24.1 Å². The molecular formula is C27H23Cl2N5O3. The van der Waals surface area contributed by atoms with E-state index < -0.39 is 6.04 Å². The van der Waals surface area contributed by atoms with E-state index in [-0.39, 0.29) is 12.5 Å². The number of ether oxygens (including phenoxy) is 2. The normalized spacial score (nSPS) is 14.5. The number of anilines is 2. The number of hydrogen-bond donors (Lipinski definition) is 2. The van der Waals surface area contributed by atoms with Gasteiger partial charge in [0, 0.05) is 11.4 Å². The number of amides is 1. The first kappa shape index (κ1) is 24.7. The van der Waals surface area contributed by atoms with Gasteiger partial charge in [-0.15, -0.1) is 0 Å². The number of nitrogens with zero attached hydrogens (tertiary/aromatic N) is 3. The van der Waals surface area contributed by atoms with Gasteiger partial charge in [-0.1, -0.05) is 53.5 Å². The van der Waals surface area contributed by atoms with Gasteiger partial charge in [0.25, 0.3) is 5.91 Å². The van der Waals surface area contributed by atoms with E-state index in [2.05, 4.69) is 20.7 Å². The summed E-state index contributed by atoms with van der Waals surface area (Å²) in [5.74, 6) is 1.35. The number of allylic oxidation sites excluding steroid dienone is 1. The third-order valence-corrected chi connectivity index (χ3v) is 6.69. The molecule has 0 saturated carbocycles. The molecule has 2 heterocycles. The summed E-state index contributed by atoms with van der Waals surface area (Å²) in [6.07, 6.45) is 1.45. The number of rotatable bonds is 7. The molecule has 0 bridgehead atoms. The Hall–Kier alpha value is -4.01. The van der Waals surface area contributed by atoms with Crippen LogP contribution in [0.3, 0.4) is 0 Å². The van der Waals surface area contributed by atoms with Gasteiger partial charge in [0.2, 0.25) is 5.95 Å². The Morgan fingerprint density at radius 2 is 1.86 bits per heavy atom. The minimum absolute atomic E-state index is 0.249. The van der Waals surface area contributed by atoms with Crippen LogP contribution in [0.4, 0.5) is 11.6 Å². The largest absolute Gasteiger partial charge is 0.493 e. The van der Waals surface area contributed by atoms with Crippen molar-refractivity contribution in [3.8, 4) is 11.5 Å². The van der Waals surface area contributed by atoms with E-state index in [1.165, 1.54) is 6.33 Å². The number of halogens is 2. The Balaban J connectivity index is 1.46. The number of fused-ring (bicyclic) bond motifs is 1. The molecule has 0 fully saturated rings. The van der Waals surface area contributed by atoms with Gasteiger partial charge in [0.15, 0.2) is 11.5 Å². The fourth-order valence-corrected chi connectivity index (χ4v) is 4.50. The van der Waals surface area contributed by atoms with Gasteiger partial charge in [-0.05, 0) is 54.4 Å². The fraction of sp³-hybridized carbons (Fsp3) is 0.148. The summed E-state index contributed by atoms with van der Waals surface area (Å²) < 4.78 is 13.3. The molecule has 1 aliphatic heterocycles. The Bertz CT molecular complexity index is 1490. The van der Waals surface area contributed by atoms with Crippen molar-refractivity contribution in [1.29, 1.82) is 0 Å². The van der Waals surface area contributed by atoms with Crippen LogP contribution in [-0.2, 0) is 11.4 Å². The SMILES string of the molecule is COc1cc(C2C(C(=O)Nc3ccccc3)=C(C)Nc3ncnn32)ccc1OCc1ccc(Cl)c(Cl)c1. The highest BCUT2D eigenvalue weighted by Crippen LogP contribution is 2.39. The summed E-state index contributed by atoms with van der Waals surface area (Å²) >= 11 is 12.1. The van der Waals surface area contributed by atoms with Crippen molar-refractivity contribution < 1.29 is 14.3 Å². The highest BCUT2D eigenvalue weighted by molar-refractivity contribution is 6.42. The Morgan fingerprint density at radius 3 is 2.62 bits per heavy atom. The Kier molecular flexibility index (Phi) is 7.03. The minimum atomic E-state index is -0.541. The van der Waals surface area contributed by atoms with Crippen LogP contribution in [0.15, 0.2) is 84.3 Å². The molecule has 2 N–H and O–H groups in total. The molecular weight excluding hydrogens is 513 g/mol. The molecule has 10 heteroatoms. The van der Waals surface area contributed by atoms with Gasteiger partial charge < -0.3 is 20.1 Å². The standard InChI is InChI=1S/C27H23Cl2N5O3/c1-16-24(26(35)33-19-6-4-3-5-7-19)25(34-27(32-16)30-15-31-34)18-9-11-22(23(13-18)36-2)37-14-17-8-10-20(28)21(29)12-17/h3-13,15,25H,14H2,1-2H3,(H,33,35)(H,30,31,32). The van der Waals surface area contributed by atoms with Crippen molar-refractivity contribution in [3.05, 3.63) is 105 Å². The quantitative estimate of drug-likeness (QED) is 0.297. The van der Waals surface area contributed by atoms with Crippen LogP contribution in [0, 0.1) is 0 Å². The van der Waals surface area contributed by atoms with Crippen LogP contribution < -0.4 is 20.1 Å². The summed E-state index contributed by atoms with van der Waals surface area (Å²) in [6, 6.07) is 19.6. The lowest BCUT2D eigenvalue weighted by Crippen LogP contribution is -2.31. The number of nitrogens with one attached hydrogen (secondary N) is 2. The molecule has 1 unspecified atom stereocenters. The zero-order chi connectivity index (χ0) is 25.9. The summed E-state index contributed by atoms with van der Waals surface area (Å²) in [5.41, 5.74) is 3.53. The molecule has 1 aliphatic rings. The van der Waals surface area contributed by atoms with Crippen LogP contribution in [0.5, 0.6) is 11.5 Å². The van der Waals surface area contributed by atoms with Gasteiger partial charge >= 0.3 is 0 Å². The molecule has 3 aromatic carbocycles. The molecule has 0 saturated heterocycles. The van der Waals surface area contributed by atoms with Crippen LogP contribution in [-0.4, -0.2) is 27.8 Å². The van der Waals surface area contributed by atoms with E-state index in [0.717, 1.165) is 11.1 Å². The lowest BCUT2D eigenvalue weighted by molar-refractivity contribution is -0.113. The molecule has 1 atom stereocenters. The number of benzene rings is 3. The van der Waals surface area contributed by atoms with Gasteiger partial charge in [0.05, 0.1) is 22.7 Å². The number of carbonyl (C=O) groups excluding carboxylic acids is 1. The molecule has 1 amide bonds. The van der Waals surface area contributed by atoms with Crippen molar-refractivity contribution >= 4 is 40.7 Å². The van der Waals surface area contributed by atoms with Gasteiger partial charge in [-0.2, -0.15) is 10.1 Å². The lowest BCUT2D eigenvalue weighted by Gasteiger charge is -2.29. The van der Waals surface area contributed by atoms with Crippen LogP contribution in [0.25, 0.3) is 0 Å². The number of methoxy groups -OCH3 is 1. The van der Waals surface area contributed by atoms with Gasteiger partial charge in [0.1, 0.15) is 19.0 Å². The number of aromatic nitrogens is 3. The van der Waals surface area contributed by atoms with E-state index in [9.17, 15) is 4.79 Å². The average molecular weight is 536 g/mol. The van der Waals surface area contributed by atoms with Crippen molar-refractivity contribution in [3.63, 3.8) is 0 Å². The molecule has 5 rings (SSSR count). The maximum atomic E-state index is 13.5. The van der Waals surface area contributed by atoms with Gasteiger partial charge in [-0.25, -0.2) is 4.68 Å². The highest BCUT2D eigenvalue weighted by atomic mass is 35.5. The number of carbonyl (C=O) groups is 1. The molecule has 37 heavy (non-hydrogen) atoms. The maximum absolute atomic E-state index is 13.5. The van der Waals surface area contributed by atoms with E-state index in [1.807, 2.05) is 61.5 Å². The first-order valence-electron chi connectivity index (χ1n) is 11.4. The summed E-state index contributed by atoms with van der Waals surface area (Å²) in [7, 11) is 1.57. The third-order valence-electron chi connectivity index (χ3n) is 5.95. The molecule has 4 aromatic rings. The topological polar surface area (TPSA) is 90.3 Å². The molecule has 188 valence electrons. The smallest absolute Gasteiger partial charge is 0.255 e. The molecule has 0 spiro atoms. The van der Waals surface area contributed by atoms with Crippen molar-refractivity contribution in [2.75, 3.05) is 17.7 Å². The first-order valence-corrected chi connectivity index (χ1v) is 12.2. The van der Waals surface area contributed by atoms with E-state index in [1.54, 1.807) is 23.9 Å². The maximum Gasteiger partial charge on any atom is 0.255 e. The predicted octanol–water partition coefficient (Wildman–Crippen LogP) is 6.10. The Labute approximate surface area is 223 Å². The summed E-state index contributed by atoms with van der Waals surface area (Å²) in [4.78, 5) is 17.8. The molecule has 0 radical (unpaired) electrons. The first-order chi connectivity index (χ1) is 17.9. The second-order valence-corrected chi connectivity index (χ2v) is 9.18. The second kappa shape index (κ2) is 10.5. The fourth-order valence-electron chi connectivity index (χ4n) is 4.18. The predicted molar refractivity (Wildman–Crippen MR) is 143 cm³/mol. The lowest BCUT2D eigenvalue weighted by atomic mass is 9.94. The van der Waals surface area contributed by atoms with E-state index >= 15 is 0 Å². The van der Waals surface area contributed by atoms with Crippen molar-refractivity contribution in [2.45, 2.75) is 19.6 Å². The molecule has 0 aliphatic carbocycles. The van der Waals surface area contributed by atoms with E-state index in [0.29, 0.717) is 44.5 Å². The van der Waals surface area contributed by atoms with Crippen LogP contribution in [0.2, 0.25) is 10.0 Å². The summed E-state index contributed by atoms with van der Waals surface area (Å²) in [5, 5.41) is 11.5.